The van der Waals surface area contributed by atoms with E-state index in [9.17, 15) is 9.50 Å². The summed E-state index contributed by atoms with van der Waals surface area (Å²) in [5, 5.41) is 12.6. The molecule has 0 bridgehead atoms. The fourth-order valence-electron chi connectivity index (χ4n) is 2.48. The highest BCUT2D eigenvalue weighted by Gasteiger charge is 2.19. The topological polar surface area (TPSA) is 67.5 Å². The Labute approximate surface area is 112 Å². The molecule has 5 heteroatoms. The highest BCUT2D eigenvalue weighted by molar-refractivity contribution is 5.62. The largest absolute Gasteiger partial charge is 0.495 e. The van der Waals surface area contributed by atoms with Crippen LogP contribution < -0.4 is 15.8 Å². The monoisotopic (exact) mass is 268 g/mol. The van der Waals surface area contributed by atoms with E-state index < -0.39 is 0 Å². The highest BCUT2D eigenvalue weighted by Crippen LogP contribution is 2.29. The molecular formula is C14H21FN2O2. The molecule has 1 saturated carbocycles. The number of nitrogens with one attached hydrogen (secondary N) is 1. The maximum absolute atomic E-state index is 13.7. The van der Waals surface area contributed by atoms with Gasteiger partial charge in [0, 0.05) is 18.7 Å². The lowest BCUT2D eigenvalue weighted by Gasteiger charge is -2.26. The second-order valence-electron chi connectivity index (χ2n) is 5.13. The summed E-state index contributed by atoms with van der Waals surface area (Å²) >= 11 is 0. The molecule has 106 valence electrons. The van der Waals surface area contributed by atoms with Crippen LogP contribution >= 0.6 is 0 Å². The molecule has 0 aromatic heterocycles. The first-order valence-electron chi connectivity index (χ1n) is 6.65. The molecule has 1 aromatic carbocycles. The molecule has 0 spiro atoms. The lowest BCUT2D eigenvalue weighted by Crippen LogP contribution is -2.23. The summed E-state index contributed by atoms with van der Waals surface area (Å²) in [7, 11) is 1.51. The van der Waals surface area contributed by atoms with Crippen molar-refractivity contribution in [2.24, 2.45) is 5.92 Å². The van der Waals surface area contributed by atoms with E-state index in [2.05, 4.69) is 5.32 Å². The Morgan fingerprint density at radius 1 is 1.37 bits per heavy atom. The zero-order valence-electron chi connectivity index (χ0n) is 11.2. The highest BCUT2D eigenvalue weighted by atomic mass is 19.1. The van der Waals surface area contributed by atoms with E-state index >= 15 is 0 Å². The zero-order chi connectivity index (χ0) is 13.8. The fourth-order valence-corrected chi connectivity index (χ4v) is 2.48. The van der Waals surface area contributed by atoms with Crippen LogP contribution in [0.15, 0.2) is 12.1 Å². The van der Waals surface area contributed by atoms with Crippen molar-refractivity contribution >= 4 is 11.4 Å². The normalized spacial score (nSPS) is 23.1. The van der Waals surface area contributed by atoms with Gasteiger partial charge in [-0.2, -0.15) is 0 Å². The summed E-state index contributed by atoms with van der Waals surface area (Å²) in [5.41, 5.74) is 6.35. The number of benzene rings is 1. The summed E-state index contributed by atoms with van der Waals surface area (Å²) in [6.07, 6.45) is 3.45. The number of halogens is 1. The summed E-state index contributed by atoms with van der Waals surface area (Å²) < 4.78 is 18.8. The third-order valence-corrected chi connectivity index (χ3v) is 3.72. The van der Waals surface area contributed by atoms with Crippen LogP contribution in [0.5, 0.6) is 5.75 Å². The smallest absolute Gasteiger partial charge is 0.148 e. The second kappa shape index (κ2) is 6.10. The third kappa shape index (κ3) is 3.50. The van der Waals surface area contributed by atoms with Gasteiger partial charge in [0.1, 0.15) is 11.6 Å². The number of aliphatic hydroxyl groups is 1. The van der Waals surface area contributed by atoms with Crippen molar-refractivity contribution in [2.45, 2.75) is 31.8 Å². The quantitative estimate of drug-likeness (QED) is 0.733. The van der Waals surface area contributed by atoms with Gasteiger partial charge in [0.05, 0.1) is 24.6 Å². The van der Waals surface area contributed by atoms with Gasteiger partial charge in [0.2, 0.25) is 0 Å². The van der Waals surface area contributed by atoms with Gasteiger partial charge in [-0.05, 0) is 31.6 Å². The van der Waals surface area contributed by atoms with Crippen LogP contribution in [-0.4, -0.2) is 24.9 Å². The number of hydrogen-bond acceptors (Lipinski definition) is 4. The van der Waals surface area contributed by atoms with Gasteiger partial charge < -0.3 is 20.9 Å². The number of hydrogen-bond donors (Lipinski definition) is 3. The molecule has 0 saturated heterocycles. The zero-order valence-corrected chi connectivity index (χ0v) is 11.2. The SMILES string of the molecule is COc1cc(NCC2CCC(O)CC2)c(F)cc1N. The molecule has 0 radical (unpaired) electrons. The van der Waals surface area contributed by atoms with Crippen LogP contribution in [0, 0.1) is 11.7 Å². The van der Waals surface area contributed by atoms with Crippen LogP contribution in [0.2, 0.25) is 0 Å². The van der Waals surface area contributed by atoms with Gasteiger partial charge in [0.25, 0.3) is 0 Å². The van der Waals surface area contributed by atoms with Gasteiger partial charge in [-0.25, -0.2) is 4.39 Å². The Morgan fingerprint density at radius 2 is 2.05 bits per heavy atom. The molecule has 4 N–H and O–H groups in total. The van der Waals surface area contributed by atoms with Gasteiger partial charge in [-0.15, -0.1) is 0 Å². The number of nitrogen functional groups attached to an aromatic ring is 1. The second-order valence-corrected chi connectivity index (χ2v) is 5.13. The molecule has 1 fully saturated rings. The molecule has 1 aliphatic carbocycles. The average Bonchev–Trinajstić information content (AvgIpc) is 2.40. The van der Waals surface area contributed by atoms with Crippen LogP contribution in [-0.2, 0) is 0 Å². The molecule has 0 unspecified atom stereocenters. The first kappa shape index (κ1) is 13.9. The van der Waals surface area contributed by atoms with E-state index in [1.165, 1.54) is 13.2 Å². The minimum Gasteiger partial charge on any atom is -0.495 e. The summed E-state index contributed by atoms with van der Waals surface area (Å²) in [5.74, 6) is 0.587. The summed E-state index contributed by atoms with van der Waals surface area (Å²) in [6.45, 7) is 0.705. The Bertz CT molecular complexity index is 432. The van der Waals surface area contributed by atoms with E-state index in [4.69, 9.17) is 10.5 Å². The van der Waals surface area contributed by atoms with E-state index in [-0.39, 0.29) is 11.9 Å². The fraction of sp³-hybridized carbons (Fsp3) is 0.571. The summed E-state index contributed by atoms with van der Waals surface area (Å²) in [6, 6.07) is 2.86. The molecule has 0 heterocycles. The number of aliphatic hydroxyl groups excluding tert-OH is 1. The third-order valence-electron chi connectivity index (χ3n) is 3.72. The maximum atomic E-state index is 13.7. The molecule has 19 heavy (non-hydrogen) atoms. The lowest BCUT2D eigenvalue weighted by atomic mass is 9.87. The minimum absolute atomic E-state index is 0.162. The van der Waals surface area contributed by atoms with E-state index in [1.807, 2.05) is 0 Å². The van der Waals surface area contributed by atoms with Crippen molar-refractivity contribution in [1.29, 1.82) is 0 Å². The predicted octanol–water partition coefficient (Wildman–Crippen LogP) is 2.38. The molecule has 2 rings (SSSR count). The molecule has 0 aliphatic heterocycles. The van der Waals surface area contributed by atoms with Gasteiger partial charge in [-0.3, -0.25) is 0 Å². The minimum atomic E-state index is -0.367. The van der Waals surface area contributed by atoms with E-state index in [0.717, 1.165) is 25.7 Å². The molecular weight excluding hydrogens is 247 g/mol. The van der Waals surface area contributed by atoms with Gasteiger partial charge in [0.15, 0.2) is 0 Å². The number of methoxy groups -OCH3 is 1. The van der Waals surface area contributed by atoms with Crippen molar-refractivity contribution in [3.63, 3.8) is 0 Å². The van der Waals surface area contributed by atoms with Gasteiger partial charge >= 0.3 is 0 Å². The van der Waals surface area contributed by atoms with Crippen molar-refractivity contribution in [3.05, 3.63) is 17.9 Å². The standard InChI is InChI=1S/C14H21FN2O2/c1-19-14-7-13(11(15)6-12(14)16)17-8-9-2-4-10(18)5-3-9/h6-7,9-10,17-18H,2-5,8,16H2,1H3. The first-order chi connectivity index (χ1) is 9.10. The molecule has 1 aromatic rings. The Hall–Kier alpha value is -1.49. The van der Waals surface area contributed by atoms with Crippen LogP contribution in [0.1, 0.15) is 25.7 Å². The summed E-state index contributed by atoms with van der Waals surface area (Å²) in [4.78, 5) is 0. The van der Waals surface area contributed by atoms with Crippen molar-refractivity contribution < 1.29 is 14.2 Å². The molecule has 0 amide bonds. The van der Waals surface area contributed by atoms with E-state index in [0.29, 0.717) is 29.6 Å². The van der Waals surface area contributed by atoms with Crippen molar-refractivity contribution in [1.82, 2.24) is 0 Å². The van der Waals surface area contributed by atoms with Gasteiger partial charge in [-0.1, -0.05) is 0 Å². The molecule has 1 aliphatic rings. The molecule has 0 atom stereocenters. The van der Waals surface area contributed by atoms with E-state index in [1.54, 1.807) is 6.07 Å². The number of ether oxygens (including phenoxy) is 1. The molecule has 4 nitrogen and oxygen atoms in total. The van der Waals surface area contributed by atoms with Crippen LogP contribution in [0.25, 0.3) is 0 Å². The Balaban J connectivity index is 1.95. The Kier molecular flexibility index (Phi) is 4.47. The Morgan fingerprint density at radius 3 is 2.68 bits per heavy atom. The van der Waals surface area contributed by atoms with Crippen LogP contribution in [0.3, 0.4) is 0 Å². The maximum Gasteiger partial charge on any atom is 0.148 e. The van der Waals surface area contributed by atoms with Crippen molar-refractivity contribution in [2.75, 3.05) is 24.7 Å². The number of rotatable bonds is 4. The average molecular weight is 268 g/mol. The van der Waals surface area contributed by atoms with Crippen LogP contribution in [0.4, 0.5) is 15.8 Å². The number of anilines is 2. The van der Waals surface area contributed by atoms with Crippen molar-refractivity contribution in [3.8, 4) is 5.75 Å². The predicted molar refractivity (Wildman–Crippen MR) is 73.8 cm³/mol. The number of nitrogens with two attached hydrogens (primary N) is 1. The first-order valence-corrected chi connectivity index (χ1v) is 6.65. The lowest BCUT2D eigenvalue weighted by molar-refractivity contribution is 0.111.